The van der Waals surface area contributed by atoms with Crippen LogP contribution in [-0.4, -0.2) is 35.1 Å². The van der Waals surface area contributed by atoms with Crippen LogP contribution in [0.2, 0.25) is 0 Å². The maximum Gasteiger partial charge on any atom is 0.330 e. The normalized spacial score (nSPS) is 12.3. The lowest BCUT2D eigenvalue weighted by molar-refractivity contribution is 0.312. The van der Waals surface area contributed by atoms with Gasteiger partial charge in [-0.2, -0.15) is 0 Å². The molecule has 0 amide bonds. The Balaban J connectivity index is 2.29. The van der Waals surface area contributed by atoms with Crippen LogP contribution >= 0.6 is 0 Å². The molecule has 1 aromatic heterocycles. The molecule has 0 aliphatic heterocycles. The van der Waals surface area contributed by atoms with Crippen molar-refractivity contribution in [1.29, 1.82) is 0 Å². The number of nitrogens with zero attached hydrogens (tertiary/aromatic N) is 2. The number of nitrogens with two attached hydrogens (primary N) is 1. The Morgan fingerprint density at radius 1 is 1.25 bits per heavy atom. The first-order chi connectivity index (χ1) is 11.5. The van der Waals surface area contributed by atoms with Crippen LogP contribution in [0.5, 0.6) is 0 Å². The van der Waals surface area contributed by atoms with Gasteiger partial charge in [0.2, 0.25) is 0 Å². The Morgan fingerprint density at radius 3 is 2.50 bits per heavy atom. The summed E-state index contributed by atoms with van der Waals surface area (Å²) in [6.07, 6.45) is 0.750. The van der Waals surface area contributed by atoms with Crippen LogP contribution < -0.4 is 22.3 Å². The van der Waals surface area contributed by atoms with Crippen molar-refractivity contribution in [3.05, 3.63) is 56.7 Å². The summed E-state index contributed by atoms with van der Waals surface area (Å²) < 4.78 is 1.39. The Bertz CT molecular complexity index is 780. The van der Waals surface area contributed by atoms with E-state index < -0.39 is 11.2 Å². The lowest BCUT2D eigenvalue weighted by Gasteiger charge is -2.26. The Hall–Kier alpha value is -2.54. The number of aromatic nitrogens is 2. The average Bonchev–Trinajstić information content (AvgIpc) is 2.55. The average molecular weight is 331 g/mol. The van der Waals surface area contributed by atoms with E-state index in [2.05, 4.69) is 15.2 Å². The van der Waals surface area contributed by atoms with Crippen molar-refractivity contribution in [3.8, 4) is 0 Å². The van der Waals surface area contributed by atoms with E-state index in [1.807, 2.05) is 51.4 Å². The van der Waals surface area contributed by atoms with Crippen molar-refractivity contribution in [1.82, 2.24) is 14.5 Å². The third kappa shape index (κ3) is 3.86. The second kappa shape index (κ2) is 7.83. The van der Waals surface area contributed by atoms with Crippen molar-refractivity contribution in [2.45, 2.75) is 25.9 Å². The minimum absolute atomic E-state index is 0.0663. The van der Waals surface area contributed by atoms with E-state index in [9.17, 15) is 9.59 Å². The van der Waals surface area contributed by atoms with E-state index in [-0.39, 0.29) is 17.5 Å². The second-order valence-electron chi connectivity index (χ2n) is 5.94. The summed E-state index contributed by atoms with van der Waals surface area (Å²) in [4.78, 5) is 28.4. The van der Waals surface area contributed by atoms with Gasteiger partial charge in [-0.05, 0) is 26.1 Å². The van der Waals surface area contributed by atoms with Crippen LogP contribution in [0.3, 0.4) is 0 Å². The molecule has 7 nitrogen and oxygen atoms in total. The lowest BCUT2D eigenvalue weighted by atomic mass is 10.1. The monoisotopic (exact) mass is 331 g/mol. The zero-order valence-electron chi connectivity index (χ0n) is 14.4. The standard InChI is InChI=1S/C17H25N5O2/c1-4-10-22-15(18)14(16(23)20-17(22)24)19-11-13(21(2)3)12-8-6-5-7-9-12/h5-9,13,19H,4,10-11,18H2,1-3H3,(H,20,23,24)/t13-/m1/s1. The maximum atomic E-state index is 12.1. The van der Waals surface area contributed by atoms with Crippen LogP contribution in [0, 0.1) is 0 Å². The highest BCUT2D eigenvalue weighted by Gasteiger charge is 2.17. The SMILES string of the molecule is CCCn1c(N)c(NC[C@H](c2ccccc2)N(C)C)c(=O)[nH]c1=O. The number of hydrogen-bond donors (Lipinski definition) is 3. The molecule has 0 saturated heterocycles. The molecular weight excluding hydrogens is 306 g/mol. The van der Waals surface area contributed by atoms with Gasteiger partial charge >= 0.3 is 5.69 Å². The maximum absolute atomic E-state index is 12.1. The molecule has 1 atom stereocenters. The number of aromatic amines is 1. The van der Waals surface area contributed by atoms with Crippen LogP contribution in [0.15, 0.2) is 39.9 Å². The van der Waals surface area contributed by atoms with E-state index in [4.69, 9.17) is 5.73 Å². The van der Waals surface area contributed by atoms with E-state index in [0.717, 1.165) is 12.0 Å². The molecular formula is C17H25N5O2. The summed E-state index contributed by atoms with van der Waals surface area (Å²) >= 11 is 0. The largest absolute Gasteiger partial charge is 0.383 e. The van der Waals surface area contributed by atoms with Gasteiger partial charge in [0.1, 0.15) is 11.5 Å². The van der Waals surface area contributed by atoms with Crippen molar-refractivity contribution in [2.75, 3.05) is 31.7 Å². The van der Waals surface area contributed by atoms with E-state index in [1.54, 1.807) is 0 Å². The van der Waals surface area contributed by atoms with Gasteiger partial charge in [0.05, 0.1) is 6.04 Å². The molecule has 0 fully saturated rings. The predicted octanol–water partition coefficient (Wildman–Crippen LogP) is 1.24. The summed E-state index contributed by atoms with van der Waals surface area (Å²) in [5.74, 6) is 0.177. The highest BCUT2D eigenvalue weighted by atomic mass is 16.2. The van der Waals surface area contributed by atoms with Gasteiger partial charge in [-0.25, -0.2) is 4.79 Å². The third-order valence-corrected chi connectivity index (χ3v) is 3.97. The zero-order chi connectivity index (χ0) is 17.7. The number of likely N-dealkylation sites (N-methyl/N-ethyl adjacent to an activating group) is 1. The lowest BCUT2D eigenvalue weighted by Crippen LogP contribution is -2.35. The van der Waals surface area contributed by atoms with Crippen LogP contribution in [0.1, 0.15) is 24.9 Å². The first-order valence-corrected chi connectivity index (χ1v) is 8.03. The fourth-order valence-electron chi connectivity index (χ4n) is 2.68. The molecule has 0 aliphatic rings. The summed E-state index contributed by atoms with van der Waals surface area (Å²) in [6, 6.07) is 10.1. The molecule has 0 aliphatic carbocycles. The molecule has 0 unspecified atom stereocenters. The van der Waals surface area contributed by atoms with Crippen molar-refractivity contribution >= 4 is 11.5 Å². The first kappa shape index (κ1) is 17.8. The van der Waals surface area contributed by atoms with Crippen LogP contribution in [-0.2, 0) is 6.54 Å². The quantitative estimate of drug-likeness (QED) is 0.709. The van der Waals surface area contributed by atoms with Crippen molar-refractivity contribution in [2.24, 2.45) is 0 Å². The van der Waals surface area contributed by atoms with Gasteiger partial charge in [0.15, 0.2) is 0 Å². The van der Waals surface area contributed by atoms with Gasteiger partial charge in [-0.3, -0.25) is 14.3 Å². The Morgan fingerprint density at radius 2 is 1.92 bits per heavy atom. The van der Waals surface area contributed by atoms with Gasteiger partial charge in [0.25, 0.3) is 5.56 Å². The number of nitrogen functional groups attached to an aromatic ring is 1. The smallest absolute Gasteiger partial charge is 0.330 e. The Labute approximate surface area is 141 Å². The van der Waals surface area contributed by atoms with Gasteiger partial charge in [-0.1, -0.05) is 37.3 Å². The molecule has 7 heteroatoms. The third-order valence-electron chi connectivity index (χ3n) is 3.97. The van der Waals surface area contributed by atoms with Crippen molar-refractivity contribution < 1.29 is 0 Å². The molecule has 4 N–H and O–H groups in total. The summed E-state index contributed by atoms with van der Waals surface area (Å²) in [6.45, 7) is 2.90. The molecule has 0 saturated carbocycles. The number of nitrogens with one attached hydrogen (secondary N) is 2. The van der Waals surface area contributed by atoms with Gasteiger partial charge < -0.3 is 16.0 Å². The molecule has 130 valence electrons. The van der Waals surface area contributed by atoms with E-state index in [0.29, 0.717) is 13.1 Å². The molecule has 0 radical (unpaired) electrons. The summed E-state index contributed by atoms with van der Waals surface area (Å²) in [5.41, 5.74) is 6.45. The fraction of sp³-hybridized carbons (Fsp3) is 0.412. The summed E-state index contributed by atoms with van der Waals surface area (Å²) in [5, 5.41) is 3.12. The van der Waals surface area contributed by atoms with Crippen LogP contribution in [0.25, 0.3) is 0 Å². The number of benzene rings is 1. The molecule has 1 heterocycles. The number of H-pyrrole nitrogens is 1. The highest BCUT2D eigenvalue weighted by Crippen LogP contribution is 2.19. The molecule has 0 spiro atoms. The number of hydrogen-bond acceptors (Lipinski definition) is 5. The molecule has 0 bridgehead atoms. The molecule has 24 heavy (non-hydrogen) atoms. The second-order valence-corrected chi connectivity index (χ2v) is 5.94. The van der Waals surface area contributed by atoms with Crippen LogP contribution in [0.4, 0.5) is 11.5 Å². The topological polar surface area (TPSA) is 96.2 Å². The number of anilines is 2. The van der Waals surface area contributed by atoms with Gasteiger partial charge in [0, 0.05) is 13.1 Å². The first-order valence-electron chi connectivity index (χ1n) is 8.03. The summed E-state index contributed by atoms with van der Waals surface area (Å²) in [7, 11) is 3.95. The molecule has 1 aromatic carbocycles. The minimum Gasteiger partial charge on any atom is -0.383 e. The fourth-order valence-corrected chi connectivity index (χ4v) is 2.68. The zero-order valence-corrected chi connectivity index (χ0v) is 14.4. The van der Waals surface area contributed by atoms with E-state index >= 15 is 0 Å². The number of rotatable bonds is 7. The minimum atomic E-state index is -0.490. The highest BCUT2D eigenvalue weighted by molar-refractivity contribution is 5.60. The van der Waals surface area contributed by atoms with E-state index in [1.165, 1.54) is 4.57 Å². The Kier molecular flexibility index (Phi) is 5.81. The molecule has 2 rings (SSSR count). The van der Waals surface area contributed by atoms with Crippen molar-refractivity contribution in [3.63, 3.8) is 0 Å². The molecule has 2 aromatic rings. The van der Waals surface area contributed by atoms with Gasteiger partial charge in [-0.15, -0.1) is 0 Å². The predicted molar refractivity (Wildman–Crippen MR) is 97.4 cm³/mol.